The lowest BCUT2D eigenvalue weighted by Gasteiger charge is -2.29. The topological polar surface area (TPSA) is 9.23 Å². The van der Waals surface area contributed by atoms with Gasteiger partial charge in [-0.05, 0) is 67.7 Å². The average Bonchev–Trinajstić information content (AvgIpc) is 2.62. The van der Waals surface area contributed by atoms with E-state index in [0.717, 1.165) is 31.7 Å². The van der Waals surface area contributed by atoms with Gasteiger partial charge in [-0.1, -0.05) is 18.2 Å². The van der Waals surface area contributed by atoms with E-state index in [9.17, 15) is 17.6 Å². The molecule has 0 aromatic heterocycles. The Morgan fingerprint density at radius 1 is 0.880 bits per heavy atom. The van der Waals surface area contributed by atoms with E-state index in [2.05, 4.69) is 0 Å². The molecule has 134 valence electrons. The van der Waals surface area contributed by atoms with Gasteiger partial charge < -0.3 is 4.74 Å². The van der Waals surface area contributed by atoms with Crippen molar-refractivity contribution >= 4 is 0 Å². The highest BCUT2D eigenvalue weighted by molar-refractivity contribution is 5.28. The Morgan fingerprint density at radius 2 is 1.60 bits per heavy atom. The standard InChI is InChI=1S/C20H20F4O/c1-12-5-10-15(19(23)18(12)22)14-8-6-13(7-9-14)11-25-17-4-2-3-16(21)20(17)24/h2-5,10,13-14H,6-9,11H2,1H3. The second-order valence-electron chi connectivity index (χ2n) is 6.68. The largest absolute Gasteiger partial charge is 0.490 e. The lowest BCUT2D eigenvalue weighted by Crippen LogP contribution is -2.20. The first-order valence-corrected chi connectivity index (χ1v) is 8.48. The molecule has 3 rings (SSSR count). The minimum atomic E-state index is -0.978. The Bertz CT molecular complexity index is 752. The number of rotatable bonds is 4. The van der Waals surface area contributed by atoms with E-state index in [4.69, 9.17) is 4.74 Å². The van der Waals surface area contributed by atoms with E-state index >= 15 is 0 Å². The molecule has 0 spiro atoms. The summed E-state index contributed by atoms with van der Waals surface area (Å²) in [4.78, 5) is 0. The summed E-state index contributed by atoms with van der Waals surface area (Å²) in [5.41, 5.74) is 0.735. The van der Waals surface area contributed by atoms with E-state index in [-0.39, 0.29) is 24.2 Å². The Labute approximate surface area is 144 Å². The Hall–Kier alpha value is -2.04. The van der Waals surface area contributed by atoms with Crippen LogP contribution in [0.5, 0.6) is 5.75 Å². The zero-order valence-corrected chi connectivity index (χ0v) is 14.0. The van der Waals surface area contributed by atoms with Gasteiger partial charge in [0.1, 0.15) is 0 Å². The van der Waals surface area contributed by atoms with Gasteiger partial charge in [0.25, 0.3) is 0 Å². The molecule has 0 N–H and O–H groups in total. The van der Waals surface area contributed by atoms with Crippen molar-refractivity contribution in [3.05, 3.63) is 64.7 Å². The van der Waals surface area contributed by atoms with Crippen LogP contribution >= 0.6 is 0 Å². The summed E-state index contributed by atoms with van der Waals surface area (Å²) in [5.74, 6) is -3.35. The van der Waals surface area contributed by atoms with Crippen LogP contribution in [0.4, 0.5) is 17.6 Å². The first-order chi connectivity index (χ1) is 12.0. The Morgan fingerprint density at radius 3 is 2.32 bits per heavy atom. The van der Waals surface area contributed by atoms with Crippen LogP contribution in [-0.2, 0) is 0 Å². The number of benzene rings is 2. The number of aryl methyl sites for hydroxylation is 1. The molecular weight excluding hydrogens is 332 g/mol. The zero-order valence-electron chi connectivity index (χ0n) is 14.0. The molecule has 0 heterocycles. The fourth-order valence-electron chi connectivity index (χ4n) is 3.42. The lowest BCUT2D eigenvalue weighted by molar-refractivity contribution is 0.191. The number of hydrogen-bond acceptors (Lipinski definition) is 1. The summed E-state index contributed by atoms with van der Waals surface area (Å²) in [5, 5.41) is 0. The summed E-state index contributed by atoms with van der Waals surface area (Å²) < 4.78 is 60.0. The van der Waals surface area contributed by atoms with Gasteiger partial charge in [-0.2, -0.15) is 4.39 Å². The molecule has 1 fully saturated rings. The summed E-state index contributed by atoms with van der Waals surface area (Å²) in [6, 6.07) is 7.11. The number of halogens is 4. The van der Waals surface area contributed by atoms with Crippen molar-refractivity contribution in [2.75, 3.05) is 6.61 Å². The first kappa shape index (κ1) is 17.8. The molecule has 25 heavy (non-hydrogen) atoms. The Balaban J connectivity index is 1.57. The van der Waals surface area contributed by atoms with Gasteiger partial charge >= 0.3 is 0 Å². The average molecular weight is 352 g/mol. The van der Waals surface area contributed by atoms with Crippen LogP contribution < -0.4 is 4.74 Å². The first-order valence-electron chi connectivity index (χ1n) is 8.48. The predicted molar refractivity (Wildman–Crippen MR) is 87.6 cm³/mol. The molecule has 2 aromatic carbocycles. The Kier molecular flexibility index (Phi) is 5.30. The van der Waals surface area contributed by atoms with Crippen molar-refractivity contribution in [1.82, 2.24) is 0 Å². The number of hydrogen-bond donors (Lipinski definition) is 0. The van der Waals surface area contributed by atoms with Gasteiger partial charge in [0.15, 0.2) is 23.2 Å². The van der Waals surface area contributed by atoms with Gasteiger partial charge in [0, 0.05) is 0 Å². The second-order valence-corrected chi connectivity index (χ2v) is 6.68. The highest BCUT2D eigenvalue weighted by atomic mass is 19.2. The van der Waals surface area contributed by atoms with Crippen LogP contribution in [0.25, 0.3) is 0 Å². The molecule has 0 bridgehead atoms. The van der Waals surface area contributed by atoms with Crippen LogP contribution in [0.3, 0.4) is 0 Å². The second kappa shape index (κ2) is 7.46. The third-order valence-electron chi connectivity index (χ3n) is 4.98. The van der Waals surface area contributed by atoms with Crippen molar-refractivity contribution in [3.8, 4) is 5.75 Å². The van der Waals surface area contributed by atoms with E-state index in [1.54, 1.807) is 19.1 Å². The highest BCUT2D eigenvalue weighted by Gasteiger charge is 2.26. The highest BCUT2D eigenvalue weighted by Crippen LogP contribution is 2.38. The third kappa shape index (κ3) is 3.80. The fraction of sp³-hybridized carbons (Fsp3) is 0.400. The smallest absolute Gasteiger partial charge is 0.200 e. The molecule has 5 heteroatoms. The lowest BCUT2D eigenvalue weighted by atomic mass is 9.78. The number of ether oxygens (including phenoxy) is 1. The van der Waals surface area contributed by atoms with Crippen molar-refractivity contribution < 1.29 is 22.3 Å². The maximum Gasteiger partial charge on any atom is 0.200 e. The van der Waals surface area contributed by atoms with E-state index in [1.807, 2.05) is 0 Å². The molecule has 1 aliphatic rings. The molecule has 0 unspecified atom stereocenters. The fourth-order valence-corrected chi connectivity index (χ4v) is 3.42. The predicted octanol–water partition coefficient (Wildman–Crippen LogP) is 5.90. The molecule has 1 nitrogen and oxygen atoms in total. The molecule has 1 aliphatic carbocycles. The van der Waals surface area contributed by atoms with Gasteiger partial charge in [-0.15, -0.1) is 0 Å². The van der Waals surface area contributed by atoms with E-state index in [0.29, 0.717) is 11.1 Å². The van der Waals surface area contributed by atoms with Crippen LogP contribution in [0.15, 0.2) is 30.3 Å². The SMILES string of the molecule is Cc1ccc(C2CCC(COc3cccc(F)c3F)CC2)c(F)c1F. The molecular formula is C20H20F4O. The minimum absolute atomic E-state index is 0.0164. The van der Waals surface area contributed by atoms with Gasteiger partial charge in [0.2, 0.25) is 5.82 Å². The normalized spacial score (nSPS) is 20.5. The van der Waals surface area contributed by atoms with Crippen molar-refractivity contribution in [1.29, 1.82) is 0 Å². The monoisotopic (exact) mass is 352 g/mol. The maximum absolute atomic E-state index is 14.1. The summed E-state index contributed by atoms with van der Waals surface area (Å²) >= 11 is 0. The molecule has 1 saturated carbocycles. The van der Waals surface area contributed by atoms with E-state index in [1.165, 1.54) is 12.1 Å². The molecule has 0 radical (unpaired) electrons. The van der Waals surface area contributed by atoms with E-state index < -0.39 is 23.3 Å². The van der Waals surface area contributed by atoms with Crippen LogP contribution in [0, 0.1) is 36.1 Å². The molecule has 0 saturated heterocycles. The molecule has 0 amide bonds. The van der Waals surface area contributed by atoms with Crippen LogP contribution in [0.1, 0.15) is 42.7 Å². The van der Waals surface area contributed by atoms with Crippen molar-refractivity contribution in [2.24, 2.45) is 5.92 Å². The quantitative estimate of drug-likeness (QED) is 0.622. The third-order valence-corrected chi connectivity index (χ3v) is 4.98. The molecule has 2 aromatic rings. The zero-order chi connectivity index (χ0) is 18.0. The van der Waals surface area contributed by atoms with Gasteiger partial charge in [-0.25, -0.2) is 13.2 Å². The minimum Gasteiger partial charge on any atom is -0.490 e. The summed E-state index contributed by atoms with van der Waals surface area (Å²) in [7, 11) is 0. The van der Waals surface area contributed by atoms with Crippen molar-refractivity contribution in [2.45, 2.75) is 38.5 Å². The summed E-state index contributed by atoms with van der Waals surface area (Å²) in [6.45, 7) is 1.83. The molecule has 0 aliphatic heterocycles. The van der Waals surface area contributed by atoms with Crippen LogP contribution in [-0.4, -0.2) is 6.61 Å². The van der Waals surface area contributed by atoms with Crippen LogP contribution in [0.2, 0.25) is 0 Å². The van der Waals surface area contributed by atoms with Gasteiger partial charge in [0.05, 0.1) is 6.61 Å². The summed E-state index contributed by atoms with van der Waals surface area (Å²) in [6.07, 6.45) is 2.99. The maximum atomic E-state index is 14.1. The van der Waals surface area contributed by atoms with Crippen molar-refractivity contribution in [3.63, 3.8) is 0 Å². The molecule has 0 atom stereocenters. The van der Waals surface area contributed by atoms with Gasteiger partial charge in [-0.3, -0.25) is 0 Å².